The molecule has 0 atom stereocenters. The molecule has 1 heterocycles. The van der Waals surface area contributed by atoms with Crippen LogP contribution in [0.1, 0.15) is 26.7 Å². The van der Waals surface area contributed by atoms with Crippen molar-refractivity contribution < 1.29 is 4.39 Å². The van der Waals surface area contributed by atoms with Crippen LogP contribution in [-0.2, 0) is 6.54 Å². The van der Waals surface area contributed by atoms with Gasteiger partial charge in [-0.05, 0) is 27.9 Å². The first kappa shape index (κ1) is 13.3. The number of fused-ring (bicyclic) bond motifs is 1. The minimum atomic E-state index is -0.284. The number of halogens is 2. The van der Waals surface area contributed by atoms with Gasteiger partial charge >= 0.3 is 0 Å². The van der Waals surface area contributed by atoms with Gasteiger partial charge in [0.15, 0.2) is 0 Å². The van der Waals surface area contributed by atoms with E-state index in [1.807, 2.05) is 4.57 Å². The molecule has 0 amide bonds. The van der Waals surface area contributed by atoms with Gasteiger partial charge in [-0.3, -0.25) is 0 Å². The number of imidazole rings is 1. The van der Waals surface area contributed by atoms with Crippen molar-refractivity contribution in [2.45, 2.75) is 33.2 Å². The molecular weight excluding hydrogens is 297 g/mol. The molecule has 0 spiro atoms. The van der Waals surface area contributed by atoms with Gasteiger partial charge in [-0.1, -0.05) is 26.7 Å². The number of anilines is 1. The molecule has 2 rings (SSSR count). The second-order valence-electron chi connectivity index (χ2n) is 4.52. The van der Waals surface area contributed by atoms with E-state index in [1.165, 1.54) is 6.07 Å². The highest BCUT2D eigenvalue weighted by Crippen LogP contribution is 2.26. The predicted molar refractivity (Wildman–Crippen MR) is 75.9 cm³/mol. The van der Waals surface area contributed by atoms with Gasteiger partial charge < -0.3 is 10.3 Å². The summed E-state index contributed by atoms with van der Waals surface area (Å²) in [5.41, 5.74) is 7.42. The van der Waals surface area contributed by atoms with E-state index in [9.17, 15) is 4.39 Å². The number of nitrogens with zero attached hydrogens (tertiary/aromatic N) is 2. The summed E-state index contributed by atoms with van der Waals surface area (Å²) in [6.45, 7) is 5.09. The van der Waals surface area contributed by atoms with E-state index < -0.39 is 0 Å². The Bertz CT molecular complexity index is 561. The van der Waals surface area contributed by atoms with Crippen molar-refractivity contribution in [3.63, 3.8) is 0 Å². The quantitative estimate of drug-likeness (QED) is 0.928. The maximum absolute atomic E-state index is 13.6. The summed E-state index contributed by atoms with van der Waals surface area (Å²) in [7, 11) is 0. The molecule has 0 aliphatic heterocycles. The van der Waals surface area contributed by atoms with Crippen LogP contribution in [0.2, 0.25) is 0 Å². The summed E-state index contributed by atoms with van der Waals surface area (Å²) in [5, 5.41) is 0. The fourth-order valence-electron chi connectivity index (χ4n) is 2.14. The molecule has 0 bridgehead atoms. The summed E-state index contributed by atoms with van der Waals surface area (Å²) in [6, 6.07) is 3.16. The Kier molecular flexibility index (Phi) is 3.90. The average molecular weight is 314 g/mol. The molecule has 2 aromatic rings. The van der Waals surface area contributed by atoms with E-state index in [0.717, 1.165) is 30.4 Å². The Morgan fingerprint density at radius 2 is 2.06 bits per heavy atom. The largest absolute Gasteiger partial charge is 0.369 e. The van der Waals surface area contributed by atoms with Crippen molar-refractivity contribution in [1.82, 2.24) is 9.55 Å². The monoisotopic (exact) mass is 313 g/mol. The highest BCUT2D eigenvalue weighted by molar-refractivity contribution is 9.10. The zero-order valence-electron chi connectivity index (χ0n) is 10.6. The number of benzene rings is 1. The maximum atomic E-state index is 13.6. The van der Waals surface area contributed by atoms with Crippen LogP contribution in [0.15, 0.2) is 16.6 Å². The molecule has 18 heavy (non-hydrogen) atoms. The first-order chi connectivity index (χ1) is 8.56. The maximum Gasteiger partial charge on any atom is 0.201 e. The molecule has 0 unspecified atom stereocenters. The predicted octanol–water partition coefficient (Wildman–Crippen LogP) is 3.96. The first-order valence-electron chi connectivity index (χ1n) is 6.17. The average Bonchev–Trinajstić information content (AvgIpc) is 2.63. The van der Waals surface area contributed by atoms with Gasteiger partial charge in [0.25, 0.3) is 0 Å². The molecule has 0 saturated carbocycles. The van der Waals surface area contributed by atoms with Crippen LogP contribution in [-0.4, -0.2) is 9.55 Å². The van der Waals surface area contributed by atoms with Gasteiger partial charge in [-0.25, -0.2) is 9.37 Å². The summed E-state index contributed by atoms with van der Waals surface area (Å²) in [5.74, 6) is 0.707. The lowest BCUT2D eigenvalue weighted by Gasteiger charge is -2.14. The summed E-state index contributed by atoms with van der Waals surface area (Å²) >= 11 is 3.16. The summed E-state index contributed by atoms with van der Waals surface area (Å²) in [4.78, 5) is 4.28. The molecule has 2 N–H and O–H groups in total. The Labute approximate surface area is 114 Å². The van der Waals surface area contributed by atoms with Crippen molar-refractivity contribution in [1.29, 1.82) is 0 Å². The topological polar surface area (TPSA) is 43.8 Å². The Hall–Kier alpha value is -1.10. The van der Waals surface area contributed by atoms with Crippen molar-refractivity contribution in [2.75, 3.05) is 5.73 Å². The molecule has 1 aromatic carbocycles. The third-order valence-electron chi connectivity index (χ3n) is 3.42. The normalized spacial score (nSPS) is 11.6. The molecule has 1 aromatic heterocycles. The summed E-state index contributed by atoms with van der Waals surface area (Å²) < 4.78 is 15.9. The van der Waals surface area contributed by atoms with Gasteiger partial charge in [0.1, 0.15) is 5.82 Å². The minimum Gasteiger partial charge on any atom is -0.369 e. The zero-order valence-corrected chi connectivity index (χ0v) is 12.2. The van der Waals surface area contributed by atoms with Crippen molar-refractivity contribution in [3.05, 3.63) is 22.4 Å². The zero-order chi connectivity index (χ0) is 13.3. The number of hydrogen-bond donors (Lipinski definition) is 1. The lowest BCUT2D eigenvalue weighted by molar-refractivity contribution is 0.427. The van der Waals surface area contributed by atoms with Gasteiger partial charge in [0, 0.05) is 12.6 Å². The van der Waals surface area contributed by atoms with E-state index in [4.69, 9.17) is 5.73 Å². The number of nitrogen functional groups attached to an aromatic ring is 1. The van der Waals surface area contributed by atoms with Gasteiger partial charge in [-0.15, -0.1) is 0 Å². The van der Waals surface area contributed by atoms with Gasteiger partial charge in [-0.2, -0.15) is 0 Å². The highest BCUT2D eigenvalue weighted by atomic mass is 79.9. The molecule has 0 aliphatic carbocycles. The second kappa shape index (κ2) is 5.26. The molecular formula is C13H17BrFN3. The second-order valence-corrected chi connectivity index (χ2v) is 5.37. The SMILES string of the molecule is CCC(CC)Cn1c(N)nc2cc(Br)c(F)cc21. The van der Waals surface area contributed by atoms with Crippen LogP contribution in [0, 0.1) is 11.7 Å². The lowest BCUT2D eigenvalue weighted by atomic mass is 10.0. The lowest BCUT2D eigenvalue weighted by Crippen LogP contribution is -2.11. The fraction of sp³-hybridized carbons (Fsp3) is 0.462. The molecule has 3 nitrogen and oxygen atoms in total. The third-order valence-corrected chi connectivity index (χ3v) is 4.02. The standard InChI is InChI=1S/C13H17BrFN3/c1-3-8(4-2)7-18-12-6-10(15)9(14)5-11(12)17-13(18)16/h5-6,8H,3-4,7H2,1-2H3,(H2,16,17). The van der Waals surface area contributed by atoms with E-state index in [0.29, 0.717) is 16.3 Å². The van der Waals surface area contributed by atoms with Crippen LogP contribution in [0.25, 0.3) is 11.0 Å². The highest BCUT2D eigenvalue weighted by Gasteiger charge is 2.14. The van der Waals surface area contributed by atoms with E-state index in [-0.39, 0.29) is 5.82 Å². The summed E-state index contributed by atoms with van der Waals surface area (Å²) in [6.07, 6.45) is 2.16. The Balaban J connectivity index is 2.49. The van der Waals surface area contributed by atoms with Crippen LogP contribution in [0.4, 0.5) is 10.3 Å². The van der Waals surface area contributed by atoms with Crippen LogP contribution in [0.3, 0.4) is 0 Å². The van der Waals surface area contributed by atoms with Gasteiger partial charge in [0.05, 0.1) is 15.5 Å². The van der Waals surface area contributed by atoms with E-state index in [2.05, 4.69) is 34.8 Å². The van der Waals surface area contributed by atoms with Crippen LogP contribution < -0.4 is 5.73 Å². The number of hydrogen-bond acceptors (Lipinski definition) is 2. The molecule has 5 heteroatoms. The van der Waals surface area contributed by atoms with Crippen molar-refractivity contribution in [2.24, 2.45) is 5.92 Å². The smallest absolute Gasteiger partial charge is 0.201 e. The third kappa shape index (κ3) is 2.36. The van der Waals surface area contributed by atoms with E-state index >= 15 is 0 Å². The van der Waals surface area contributed by atoms with Crippen LogP contribution in [0.5, 0.6) is 0 Å². The van der Waals surface area contributed by atoms with Crippen molar-refractivity contribution >= 4 is 32.9 Å². The molecule has 0 saturated heterocycles. The Morgan fingerprint density at radius 3 is 2.67 bits per heavy atom. The van der Waals surface area contributed by atoms with E-state index in [1.54, 1.807) is 6.07 Å². The molecule has 0 aliphatic rings. The van der Waals surface area contributed by atoms with Crippen LogP contribution >= 0.6 is 15.9 Å². The first-order valence-corrected chi connectivity index (χ1v) is 6.96. The van der Waals surface area contributed by atoms with Gasteiger partial charge in [0.2, 0.25) is 5.95 Å². The molecule has 98 valence electrons. The molecule has 0 fully saturated rings. The number of rotatable bonds is 4. The minimum absolute atomic E-state index is 0.284. The van der Waals surface area contributed by atoms with Crippen molar-refractivity contribution in [3.8, 4) is 0 Å². The number of nitrogens with two attached hydrogens (primary N) is 1. The number of aromatic nitrogens is 2. The fourth-order valence-corrected chi connectivity index (χ4v) is 2.47. The molecule has 0 radical (unpaired) electrons. The Morgan fingerprint density at radius 1 is 1.39 bits per heavy atom.